The molecule has 0 bridgehead atoms. The summed E-state index contributed by atoms with van der Waals surface area (Å²) in [6, 6.07) is 23.9. The Morgan fingerprint density at radius 3 is 1.77 bits per heavy atom. The Bertz CT molecular complexity index is 2910. The van der Waals surface area contributed by atoms with Crippen molar-refractivity contribution in [2.24, 2.45) is 5.92 Å². The van der Waals surface area contributed by atoms with Crippen molar-refractivity contribution in [2.45, 2.75) is 114 Å². The van der Waals surface area contributed by atoms with Crippen LogP contribution in [0, 0.1) is 5.92 Å². The zero-order chi connectivity index (χ0) is 54.9. The Labute approximate surface area is 442 Å². The van der Waals surface area contributed by atoms with Crippen LogP contribution in [-0.4, -0.2) is 132 Å². The number of piperidine rings is 1. The largest absolute Gasteiger partial charge is 0.497 e. The van der Waals surface area contributed by atoms with Crippen LogP contribution in [0.3, 0.4) is 0 Å². The number of tetrazole rings is 1. The quantitative estimate of drug-likeness (QED) is 0.0556. The van der Waals surface area contributed by atoms with Crippen molar-refractivity contribution in [1.29, 1.82) is 0 Å². The van der Waals surface area contributed by atoms with Crippen LogP contribution >= 0.6 is 0 Å². The first-order valence-electron chi connectivity index (χ1n) is 24.6. The second kappa shape index (κ2) is 24.2. The molecule has 0 unspecified atom stereocenters. The molecule has 1 aliphatic heterocycles. The zero-order valence-corrected chi connectivity index (χ0v) is 47.4. The maximum absolute atomic E-state index is 16.3. The average Bonchev–Trinajstić information content (AvgIpc) is 3.82. The number of sulfonamides is 1. The van der Waals surface area contributed by atoms with Crippen molar-refractivity contribution >= 4 is 46.1 Å². The lowest BCUT2D eigenvalue weighted by Gasteiger charge is -2.39. The summed E-state index contributed by atoms with van der Waals surface area (Å²) in [6.45, 7) is 15.5. The molecule has 2 amide bonds. The summed E-state index contributed by atoms with van der Waals surface area (Å²) in [5, 5.41) is 28.2. The Hall–Kier alpha value is -6.27. The number of methoxy groups -OCH3 is 3. The molecule has 1 fully saturated rings. The topological polar surface area (TPSA) is 243 Å². The first-order chi connectivity index (χ1) is 35.2. The highest BCUT2D eigenvalue weighted by atomic mass is 32.2. The normalized spacial score (nSPS) is 14.3. The molecule has 0 spiro atoms. The third-order valence-corrected chi connectivity index (χ3v) is 21.6. The number of rotatable bonds is 22. The lowest BCUT2D eigenvalue weighted by Crippen LogP contribution is -2.49. The minimum atomic E-state index is -4.97. The molecule has 408 valence electrons. The Kier molecular flexibility index (Phi) is 18.7. The van der Waals surface area contributed by atoms with E-state index in [0.29, 0.717) is 66.5 Å². The third kappa shape index (κ3) is 15.4. The molecule has 0 saturated carbocycles. The van der Waals surface area contributed by atoms with Crippen molar-refractivity contribution in [1.82, 2.24) is 35.1 Å². The van der Waals surface area contributed by atoms with E-state index in [9.17, 15) is 14.7 Å². The van der Waals surface area contributed by atoms with Gasteiger partial charge in [-0.25, -0.2) is 26.4 Å². The molecular weight excluding hydrogens is 1020 g/mol. The monoisotopic (exact) mass is 1090 g/mol. The summed E-state index contributed by atoms with van der Waals surface area (Å²) in [5.74, 6) is 0.825. The van der Waals surface area contributed by atoms with Gasteiger partial charge in [-0.2, -0.15) is 9.10 Å². The fraction of sp³-hybridized carbons (Fsp3) is 0.481. The number of alkyl carbamates (subject to hydrolysis) is 1. The number of sulfone groups is 1. The fourth-order valence-corrected chi connectivity index (χ4v) is 13.6. The molecule has 23 heteroatoms. The van der Waals surface area contributed by atoms with Crippen LogP contribution in [0.15, 0.2) is 94.7 Å². The molecule has 1 aromatic heterocycles. The molecule has 1 saturated heterocycles. The molecule has 4 aromatic carbocycles. The van der Waals surface area contributed by atoms with Crippen LogP contribution in [0.5, 0.6) is 17.2 Å². The second-order valence-electron chi connectivity index (χ2n) is 21.0. The number of hydrogen-bond donors (Lipinski definition) is 3. The lowest BCUT2D eigenvalue weighted by molar-refractivity contribution is 0.0516. The van der Waals surface area contributed by atoms with Crippen LogP contribution < -0.4 is 29.7 Å². The van der Waals surface area contributed by atoms with E-state index in [0.717, 1.165) is 5.56 Å². The Morgan fingerprint density at radius 2 is 1.29 bits per heavy atom. The smallest absolute Gasteiger partial charge is 0.407 e. The number of anilines is 1. The van der Waals surface area contributed by atoms with E-state index in [1.807, 2.05) is 50.9 Å². The molecule has 5 aromatic rings. The van der Waals surface area contributed by atoms with E-state index >= 15 is 16.8 Å². The summed E-state index contributed by atoms with van der Waals surface area (Å²) in [5.41, 5.74) is 1.48. The number of ether oxygens (including phenoxy) is 4. The fourth-order valence-electron chi connectivity index (χ4n) is 8.25. The van der Waals surface area contributed by atoms with Gasteiger partial charge < -0.3 is 44.0 Å². The van der Waals surface area contributed by atoms with Gasteiger partial charge in [0.2, 0.25) is 15.8 Å². The number of nitrogens with one attached hydrogen (secondary N) is 2. The van der Waals surface area contributed by atoms with E-state index in [2.05, 4.69) is 20.9 Å². The molecule has 2 heterocycles. The number of nitrogens with zero attached hydrogens (tertiary/aromatic N) is 6. The van der Waals surface area contributed by atoms with Gasteiger partial charge in [-0.3, -0.25) is 0 Å². The van der Waals surface area contributed by atoms with Crippen LogP contribution in [-0.2, 0) is 48.7 Å². The highest BCUT2D eigenvalue weighted by Gasteiger charge is 2.43. The van der Waals surface area contributed by atoms with E-state index in [4.69, 9.17) is 28.5 Å². The number of carboxylic acid groups (broad SMARTS) is 1. The minimum Gasteiger partial charge on any atom is -0.497 e. The first kappa shape index (κ1) is 58.0. The van der Waals surface area contributed by atoms with Crippen LogP contribution in [0.4, 0.5) is 15.3 Å². The number of carbonyl (C=O) groups excluding carboxylic acids is 1. The van der Waals surface area contributed by atoms with Gasteiger partial charge in [0.15, 0.2) is 18.2 Å². The molecular formula is C52H72N8O12S2Si. The van der Waals surface area contributed by atoms with Crippen molar-refractivity contribution in [3.8, 4) is 28.6 Å². The molecule has 0 radical (unpaired) electrons. The summed E-state index contributed by atoms with van der Waals surface area (Å²) in [4.78, 5) is 26.7. The van der Waals surface area contributed by atoms with Crippen molar-refractivity contribution in [3.63, 3.8) is 0 Å². The van der Waals surface area contributed by atoms with Gasteiger partial charge in [0.25, 0.3) is 0 Å². The highest BCUT2D eigenvalue weighted by molar-refractivity contribution is 7.93. The van der Waals surface area contributed by atoms with E-state index < -0.39 is 79.2 Å². The Balaban J connectivity index is 1.58. The van der Waals surface area contributed by atoms with Crippen molar-refractivity contribution < 1.29 is 54.9 Å². The molecule has 0 aliphatic carbocycles. The van der Waals surface area contributed by atoms with Gasteiger partial charge in [0.1, 0.15) is 27.7 Å². The highest BCUT2D eigenvalue weighted by Crippen LogP contribution is 2.43. The summed E-state index contributed by atoms with van der Waals surface area (Å²) < 4.78 is 93.2. The number of carbonyl (C=O) groups is 2. The second-order valence-corrected chi connectivity index (χ2v) is 29.7. The van der Waals surface area contributed by atoms with E-state index in [1.54, 1.807) is 94.6 Å². The molecule has 1 atom stereocenters. The number of benzene rings is 4. The average molecular weight is 1090 g/mol. The molecule has 3 N–H and O–H groups in total. The summed E-state index contributed by atoms with van der Waals surface area (Å²) >= 11 is 0. The number of hydrogen-bond acceptors (Lipinski definition) is 15. The number of aromatic nitrogens is 4. The molecule has 6 rings (SSSR count). The maximum atomic E-state index is 16.3. The van der Waals surface area contributed by atoms with E-state index in [-0.39, 0.29) is 36.9 Å². The minimum absolute atomic E-state index is 0.0327. The number of amides is 2. The SMILES string of the molecule is COc1ccc(CN(Cc2ccc(OC)cc2)S(=O)(=O)c2c(S(=O)(=O)C[C@@H](CNC(=O)O)O[Si](C)(C)C(C)(C)C)ccc(N3CCC(CNC(=O)OC(C)(C)C)CC3)c2-c2nnn(Cc3ccc(OC)cc3)n2)cc1. The zero-order valence-electron chi connectivity index (χ0n) is 44.7. The Morgan fingerprint density at radius 1 is 0.773 bits per heavy atom. The molecule has 20 nitrogen and oxygen atoms in total. The maximum Gasteiger partial charge on any atom is 0.407 e. The van der Waals surface area contributed by atoms with Gasteiger partial charge in [-0.1, -0.05) is 57.2 Å². The molecule has 1 aliphatic rings. The van der Waals surface area contributed by atoms with Crippen LogP contribution in [0.1, 0.15) is 71.1 Å². The predicted molar refractivity (Wildman–Crippen MR) is 287 cm³/mol. The van der Waals surface area contributed by atoms with Crippen molar-refractivity contribution in [2.75, 3.05) is 58.2 Å². The van der Waals surface area contributed by atoms with Crippen LogP contribution in [0.2, 0.25) is 18.1 Å². The summed E-state index contributed by atoms with van der Waals surface area (Å²) in [7, 11) is -7.89. The van der Waals surface area contributed by atoms with Crippen LogP contribution in [0.25, 0.3) is 11.4 Å². The molecule has 75 heavy (non-hydrogen) atoms. The van der Waals surface area contributed by atoms with Gasteiger partial charge in [-0.15, -0.1) is 10.2 Å². The van der Waals surface area contributed by atoms with Gasteiger partial charge >= 0.3 is 12.2 Å². The van der Waals surface area contributed by atoms with Crippen molar-refractivity contribution in [3.05, 3.63) is 102 Å². The van der Waals surface area contributed by atoms with Gasteiger partial charge in [0.05, 0.1) is 50.2 Å². The van der Waals surface area contributed by atoms with E-state index in [1.165, 1.54) is 29.4 Å². The summed E-state index contributed by atoms with van der Waals surface area (Å²) in [6.07, 6.45) is -2.01. The van der Waals surface area contributed by atoms with Gasteiger partial charge in [0, 0.05) is 45.0 Å². The first-order valence-corrected chi connectivity index (χ1v) is 30.6. The van der Waals surface area contributed by atoms with Gasteiger partial charge in [-0.05, 0) is 128 Å². The third-order valence-electron chi connectivity index (χ3n) is 13.3. The predicted octanol–water partition coefficient (Wildman–Crippen LogP) is 7.98. The standard InChI is InChI=1S/C52H72N8O12S2Si/c1-51(2,3)71-50(63)54-30-36-26-28-58(29-27-36)44-24-25-45(73(64,65)35-43(31-53-49(61)62)72-75(10,11)52(4,5)6)47(46(44)48-55-57-60(56-48)34-39-16-22-42(70-9)23-17-39)74(66,67)59(32-37-12-18-40(68-7)19-13-37)33-38-14-20-41(69-8)21-15-38/h12-25,36,43,53H,26-35H2,1-11H3,(H,54,63)(H,61,62)/t43-/m1/s1. The lowest BCUT2D eigenvalue weighted by atomic mass is 9.95.